The number of aromatic nitrogens is 1. The lowest BCUT2D eigenvalue weighted by Crippen LogP contribution is -2.41. The summed E-state index contributed by atoms with van der Waals surface area (Å²) in [5.41, 5.74) is 4.92. The number of fused-ring (bicyclic) bond motifs is 1. The van der Waals surface area contributed by atoms with Crippen molar-refractivity contribution in [1.82, 2.24) is 15.2 Å². The van der Waals surface area contributed by atoms with Crippen LogP contribution in [0.2, 0.25) is 0 Å². The van der Waals surface area contributed by atoms with Gasteiger partial charge < -0.3 is 10.4 Å². The Morgan fingerprint density at radius 1 is 1.26 bits per heavy atom. The van der Waals surface area contributed by atoms with Crippen LogP contribution in [0.4, 0.5) is 0 Å². The number of rotatable bonds is 4. The Kier molecular flexibility index (Phi) is 4.70. The molecule has 7 heteroatoms. The maximum Gasteiger partial charge on any atom is 0.279 e. The first kappa shape index (κ1) is 17.4. The highest BCUT2D eigenvalue weighted by atomic mass is 32.1. The number of benzene rings is 2. The Bertz CT molecular complexity index is 1040. The first-order valence-corrected chi connectivity index (χ1v) is 9.37. The van der Waals surface area contributed by atoms with E-state index in [9.17, 15) is 9.90 Å². The summed E-state index contributed by atoms with van der Waals surface area (Å²) >= 11 is 1.56. The predicted octanol–water partition coefficient (Wildman–Crippen LogP) is 2.79. The molecule has 0 aliphatic carbocycles. The van der Waals surface area contributed by atoms with Crippen molar-refractivity contribution in [2.75, 3.05) is 13.7 Å². The van der Waals surface area contributed by atoms with Gasteiger partial charge in [-0.3, -0.25) is 9.69 Å². The van der Waals surface area contributed by atoms with Gasteiger partial charge in [0.05, 0.1) is 28.4 Å². The van der Waals surface area contributed by atoms with E-state index in [0.29, 0.717) is 11.7 Å². The van der Waals surface area contributed by atoms with Crippen LogP contribution in [0.3, 0.4) is 0 Å². The number of aliphatic imine (C=N–C) groups is 1. The number of nitrogens with one attached hydrogen (secondary N) is 1. The van der Waals surface area contributed by atoms with Crippen molar-refractivity contribution in [2.24, 2.45) is 4.99 Å². The maximum atomic E-state index is 12.6. The van der Waals surface area contributed by atoms with E-state index in [2.05, 4.69) is 15.3 Å². The second-order valence-corrected chi connectivity index (χ2v) is 7.09. The predicted molar refractivity (Wildman–Crippen MR) is 107 cm³/mol. The highest BCUT2D eigenvalue weighted by molar-refractivity contribution is 7.16. The Morgan fingerprint density at radius 2 is 2.07 bits per heavy atom. The molecule has 1 atom stereocenters. The number of hydrogen-bond acceptors (Lipinski definition) is 6. The highest BCUT2D eigenvalue weighted by Gasteiger charge is 2.28. The minimum absolute atomic E-state index is 0.105. The fourth-order valence-corrected chi connectivity index (χ4v) is 3.65. The monoisotopic (exact) mass is 378 g/mol. The smallest absolute Gasteiger partial charge is 0.279 e. The number of likely N-dealkylation sites (N-methyl/N-ethyl adjacent to an activating group) is 1. The molecule has 4 rings (SSSR count). The zero-order valence-corrected chi connectivity index (χ0v) is 15.5. The van der Waals surface area contributed by atoms with Crippen molar-refractivity contribution in [3.63, 3.8) is 0 Å². The number of carbonyl (C=O) groups excluding carboxylic acids is 1. The fourth-order valence-electron chi connectivity index (χ4n) is 2.92. The number of amides is 1. The van der Waals surface area contributed by atoms with Crippen molar-refractivity contribution >= 4 is 39.5 Å². The Hall–Kier alpha value is -3.03. The van der Waals surface area contributed by atoms with E-state index >= 15 is 0 Å². The molecule has 1 amide bonds. The molecule has 136 valence electrons. The summed E-state index contributed by atoms with van der Waals surface area (Å²) in [5.74, 6) is 0.236. The highest BCUT2D eigenvalue weighted by Crippen LogP contribution is 2.23. The molecule has 0 saturated carbocycles. The van der Waals surface area contributed by atoms with E-state index < -0.39 is 0 Å². The molecule has 0 radical (unpaired) electrons. The Labute approximate surface area is 160 Å². The lowest BCUT2D eigenvalue weighted by Gasteiger charge is -2.20. The zero-order valence-electron chi connectivity index (χ0n) is 14.7. The van der Waals surface area contributed by atoms with E-state index in [1.165, 1.54) is 4.90 Å². The van der Waals surface area contributed by atoms with Crippen LogP contribution in [-0.2, 0) is 4.79 Å². The molecule has 2 heterocycles. The normalized spacial score (nSPS) is 16.8. The molecule has 2 aromatic carbocycles. The molecule has 3 aromatic rings. The minimum atomic E-state index is -0.340. The van der Waals surface area contributed by atoms with Gasteiger partial charge in [-0.1, -0.05) is 36.4 Å². The number of carbonyl (C=O) groups is 1. The average Bonchev–Trinajstić information content (AvgIpc) is 3.27. The number of aliphatic hydroxyl groups is 1. The Morgan fingerprint density at radius 3 is 2.85 bits per heavy atom. The second kappa shape index (κ2) is 7.30. The molecule has 1 aromatic heterocycles. The number of aliphatic hydroxyl groups excluding tert-OH is 1. The fraction of sp³-hybridized carbons (Fsp3) is 0.150. The van der Waals surface area contributed by atoms with Crippen molar-refractivity contribution in [1.29, 1.82) is 0 Å². The Balaban J connectivity index is 1.61. The second-order valence-electron chi connectivity index (χ2n) is 6.20. The molecule has 0 unspecified atom stereocenters. The van der Waals surface area contributed by atoms with Gasteiger partial charge in [0.25, 0.3) is 5.91 Å². The van der Waals surface area contributed by atoms with E-state index in [1.54, 1.807) is 30.0 Å². The first-order valence-electron chi connectivity index (χ1n) is 8.50. The van der Waals surface area contributed by atoms with Gasteiger partial charge in [0.2, 0.25) is 5.96 Å². The molecule has 1 aliphatic heterocycles. The quantitative estimate of drug-likeness (QED) is 0.685. The van der Waals surface area contributed by atoms with Crippen LogP contribution in [0.1, 0.15) is 17.2 Å². The number of guanidine groups is 1. The minimum Gasteiger partial charge on any atom is -0.394 e. The largest absolute Gasteiger partial charge is 0.394 e. The van der Waals surface area contributed by atoms with Crippen LogP contribution < -0.4 is 5.32 Å². The van der Waals surface area contributed by atoms with Gasteiger partial charge in [-0.25, -0.2) is 9.98 Å². The number of thiazole rings is 1. The van der Waals surface area contributed by atoms with Crippen LogP contribution in [0.15, 0.2) is 64.7 Å². The van der Waals surface area contributed by atoms with Crippen molar-refractivity contribution in [2.45, 2.75) is 6.04 Å². The van der Waals surface area contributed by atoms with Crippen LogP contribution in [0.25, 0.3) is 16.3 Å². The van der Waals surface area contributed by atoms with Gasteiger partial charge in [-0.2, -0.15) is 0 Å². The van der Waals surface area contributed by atoms with Crippen LogP contribution >= 0.6 is 11.3 Å². The molecular formula is C20H18N4O2S. The molecule has 0 bridgehead atoms. The van der Waals surface area contributed by atoms with Gasteiger partial charge in [0.15, 0.2) is 0 Å². The van der Waals surface area contributed by atoms with Gasteiger partial charge in [-0.15, -0.1) is 11.3 Å². The summed E-state index contributed by atoms with van der Waals surface area (Å²) in [6.07, 6.45) is 1.77. The van der Waals surface area contributed by atoms with Crippen LogP contribution in [0, 0.1) is 0 Å². The van der Waals surface area contributed by atoms with Gasteiger partial charge in [0, 0.05) is 7.05 Å². The lowest BCUT2D eigenvalue weighted by molar-refractivity contribution is -0.121. The molecule has 0 saturated heterocycles. The topological polar surface area (TPSA) is 77.8 Å². The standard InChI is InChI=1S/C20H18N4O2S/c1-24-19(26)16(9-13-7-8-15-18(10-13)27-12-21-15)22-20(24)23-17(11-25)14-5-3-2-4-6-14/h2-10,12,17,25H,11H2,1H3,(H,22,23)/b16-9-/t17-/m0/s1. The summed E-state index contributed by atoms with van der Waals surface area (Å²) in [4.78, 5) is 22.7. The lowest BCUT2D eigenvalue weighted by atomic mass is 10.1. The molecule has 1 aliphatic rings. The van der Waals surface area contributed by atoms with Crippen molar-refractivity contribution in [3.05, 3.63) is 70.9 Å². The SMILES string of the molecule is CN1C(=O)/C(=C/c2ccc3ncsc3c2)N=C1N[C@@H](CO)c1ccccc1. The molecule has 6 nitrogen and oxygen atoms in total. The van der Waals surface area contributed by atoms with Gasteiger partial charge >= 0.3 is 0 Å². The third-order valence-corrected chi connectivity index (χ3v) is 5.21. The summed E-state index contributed by atoms with van der Waals surface area (Å²) in [6, 6.07) is 15.1. The molecule has 0 fully saturated rings. The van der Waals surface area contributed by atoms with Crippen molar-refractivity contribution in [3.8, 4) is 0 Å². The van der Waals surface area contributed by atoms with Crippen LogP contribution in [0.5, 0.6) is 0 Å². The summed E-state index contributed by atoms with van der Waals surface area (Å²) in [7, 11) is 1.67. The zero-order chi connectivity index (χ0) is 18.8. The van der Waals surface area contributed by atoms with E-state index in [4.69, 9.17) is 0 Å². The number of hydrogen-bond donors (Lipinski definition) is 2. The van der Waals surface area contributed by atoms with Crippen molar-refractivity contribution < 1.29 is 9.90 Å². The average molecular weight is 378 g/mol. The summed E-state index contributed by atoms with van der Waals surface area (Å²) < 4.78 is 1.06. The maximum absolute atomic E-state index is 12.6. The number of nitrogens with zero attached hydrogens (tertiary/aromatic N) is 3. The van der Waals surface area contributed by atoms with E-state index in [1.807, 2.05) is 48.5 Å². The molecular weight excluding hydrogens is 360 g/mol. The molecule has 2 N–H and O–H groups in total. The van der Waals surface area contributed by atoms with E-state index in [0.717, 1.165) is 21.3 Å². The van der Waals surface area contributed by atoms with Crippen LogP contribution in [-0.4, -0.2) is 40.5 Å². The van der Waals surface area contributed by atoms with Gasteiger partial charge in [0.1, 0.15) is 5.70 Å². The summed E-state index contributed by atoms with van der Waals surface area (Å²) in [5, 5.41) is 12.9. The van der Waals surface area contributed by atoms with E-state index in [-0.39, 0.29) is 18.6 Å². The molecule has 27 heavy (non-hydrogen) atoms. The summed E-state index contributed by atoms with van der Waals surface area (Å²) in [6.45, 7) is -0.105. The van der Waals surface area contributed by atoms with Gasteiger partial charge in [-0.05, 0) is 29.3 Å². The third kappa shape index (κ3) is 3.47. The third-order valence-electron chi connectivity index (χ3n) is 4.41. The molecule has 0 spiro atoms. The first-order chi connectivity index (χ1) is 13.2.